The normalized spacial score (nSPS) is 19.2. The van der Waals surface area contributed by atoms with Gasteiger partial charge in [0, 0.05) is 31.0 Å². The molecular formula is C12H15N3O3. The van der Waals surface area contributed by atoms with Crippen LogP contribution in [0, 0.1) is 0 Å². The Morgan fingerprint density at radius 2 is 2.06 bits per heavy atom. The molecule has 1 aliphatic carbocycles. The zero-order chi connectivity index (χ0) is 12.7. The van der Waals surface area contributed by atoms with Crippen LogP contribution in [0.1, 0.15) is 35.8 Å². The first kappa shape index (κ1) is 11.3. The van der Waals surface area contributed by atoms with E-state index in [1.807, 2.05) is 0 Å². The second-order valence-corrected chi connectivity index (χ2v) is 4.92. The molecule has 0 aromatic carbocycles. The number of carbonyl (C=O) groups is 1. The first-order valence-corrected chi connectivity index (χ1v) is 6.25. The highest BCUT2D eigenvalue weighted by Gasteiger charge is 2.28. The fourth-order valence-electron chi connectivity index (χ4n) is 2.37. The fraction of sp³-hybridized carbons (Fsp3) is 0.583. The molecule has 0 unspecified atom stereocenters. The van der Waals surface area contributed by atoms with Crippen molar-refractivity contribution in [2.75, 3.05) is 13.1 Å². The van der Waals surface area contributed by atoms with E-state index in [4.69, 9.17) is 5.11 Å². The van der Waals surface area contributed by atoms with E-state index in [0.29, 0.717) is 37.4 Å². The molecule has 96 valence electrons. The highest BCUT2D eigenvalue weighted by atomic mass is 16.4. The van der Waals surface area contributed by atoms with Crippen LogP contribution in [0.4, 0.5) is 4.79 Å². The highest BCUT2D eigenvalue weighted by Crippen LogP contribution is 2.37. The second-order valence-electron chi connectivity index (χ2n) is 4.92. The van der Waals surface area contributed by atoms with Crippen LogP contribution in [0.2, 0.25) is 0 Å². The maximum atomic E-state index is 12.0. The minimum absolute atomic E-state index is 0.0888. The van der Waals surface area contributed by atoms with E-state index in [9.17, 15) is 9.59 Å². The lowest BCUT2D eigenvalue weighted by Crippen LogP contribution is -2.31. The highest BCUT2D eigenvalue weighted by molar-refractivity contribution is 5.65. The smallest absolute Gasteiger partial charge is 0.407 e. The number of hydrogen-bond donors (Lipinski definition) is 2. The lowest BCUT2D eigenvalue weighted by atomic mass is 10.1. The van der Waals surface area contributed by atoms with Gasteiger partial charge >= 0.3 is 6.09 Å². The minimum Gasteiger partial charge on any atom is -0.465 e. The zero-order valence-corrected chi connectivity index (χ0v) is 9.98. The maximum absolute atomic E-state index is 12.0. The van der Waals surface area contributed by atoms with E-state index in [1.165, 1.54) is 4.90 Å². The molecule has 0 spiro atoms. The van der Waals surface area contributed by atoms with Gasteiger partial charge in [0.2, 0.25) is 0 Å². The third kappa shape index (κ3) is 1.98. The van der Waals surface area contributed by atoms with Crippen molar-refractivity contribution in [3.8, 4) is 0 Å². The predicted molar refractivity (Wildman–Crippen MR) is 63.8 cm³/mol. The minimum atomic E-state index is -0.929. The van der Waals surface area contributed by atoms with Crippen LogP contribution in [0.15, 0.2) is 4.79 Å². The molecule has 0 atom stereocenters. The van der Waals surface area contributed by atoms with E-state index in [2.05, 4.69) is 9.97 Å². The lowest BCUT2D eigenvalue weighted by molar-refractivity contribution is 0.147. The molecule has 3 rings (SSSR count). The van der Waals surface area contributed by atoms with Gasteiger partial charge in [-0.3, -0.25) is 4.79 Å². The summed E-state index contributed by atoms with van der Waals surface area (Å²) < 4.78 is 0. The van der Waals surface area contributed by atoms with Gasteiger partial charge in [-0.1, -0.05) is 0 Å². The summed E-state index contributed by atoms with van der Waals surface area (Å²) in [6.45, 7) is 0.790. The third-order valence-electron chi connectivity index (χ3n) is 3.60. The Balaban J connectivity index is 1.93. The molecule has 0 saturated heterocycles. The van der Waals surface area contributed by atoms with Gasteiger partial charge in [0.05, 0.1) is 5.69 Å². The zero-order valence-electron chi connectivity index (χ0n) is 9.98. The molecule has 0 bridgehead atoms. The van der Waals surface area contributed by atoms with Crippen LogP contribution >= 0.6 is 0 Å². The molecule has 1 fully saturated rings. The summed E-state index contributed by atoms with van der Waals surface area (Å²) in [5.74, 6) is 1.18. The number of hydrogen-bond acceptors (Lipinski definition) is 3. The first-order valence-electron chi connectivity index (χ1n) is 6.25. The number of fused-ring (bicyclic) bond motifs is 1. The van der Waals surface area contributed by atoms with E-state index in [1.54, 1.807) is 0 Å². The number of carboxylic acid groups (broad SMARTS) is 1. The van der Waals surface area contributed by atoms with Crippen molar-refractivity contribution in [2.24, 2.45) is 0 Å². The number of amides is 1. The summed E-state index contributed by atoms with van der Waals surface area (Å²) >= 11 is 0. The number of H-pyrrole nitrogens is 1. The van der Waals surface area contributed by atoms with Crippen LogP contribution in [0.3, 0.4) is 0 Å². The number of rotatable bonds is 1. The Kier molecular flexibility index (Phi) is 2.57. The van der Waals surface area contributed by atoms with Crippen molar-refractivity contribution in [3.05, 3.63) is 27.4 Å². The standard InChI is InChI=1S/C12H15N3O3/c16-11-8-3-5-15(12(17)18)6-4-9(8)13-10(14-11)7-1-2-7/h7H,1-6H2,(H,17,18)(H,13,14,16). The van der Waals surface area contributed by atoms with E-state index in [-0.39, 0.29) is 5.56 Å². The van der Waals surface area contributed by atoms with Crippen molar-refractivity contribution < 1.29 is 9.90 Å². The van der Waals surface area contributed by atoms with Gasteiger partial charge in [-0.25, -0.2) is 9.78 Å². The molecule has 1 saturated carbocycles. The van der Waals surface area contributed by atoms with Crippen molar-refractivity contribution >= 4 is 6.09 Å². The Labute approximate surface area is 104 Å². The van der Waals surface area contributed by atoms with Crippen LogP contribution in [-0.4, -0.2) is 39.2 Å². The number of aromatic nitrogens is 2. The van der Waals surface area contributed by atoms with Gasteiger partial charge in [-0.2, -0.15) is 0 Å². The van der Waals surface area contributed by atoms with Crippen LogP contribution in [0.25, 0.3) is 0 Å². The van der Waals surface area contributed by atoms with Crippen molar-refractivity contribution in [3.63, 3.8) is 0 Å². The summed E-state index contributed by atoms with van der Waals surface area (Å²) in [5.41, 5.74) is 1.35. The summed E-state index contributed by atoms with van der Waals surface area (Å²) in [6, 6.07) is 0. The first-order chi connectivity index (χ1) is 8.65. The average molecular weight is 249 g/mol. The predicted octanol–water partition coefficient (Wildman–Crippen LogP) is 0.726. The molecule has 18 heavy (non-hydrogen) atoms. The SMILES string of the molecule is O=C(O)N1CCc2nc(C3CC3)[nH]c(=O)c2CC1. The van der Waals surface area contributed by atoms with E-state index >= 15 is 0 Å². The molecular weight excluding hydrogens is 234 g/mol. The summed E-state index contributed by atoms with van der Waals surface area (Å²) in [6.07, 6.45) is 2.23. The monoisotopic (exact) mass is 249 g/mol. The van der Waals surface area contributed by atoms with E-state index in [0.717, 1.165) is 24.4 Å². The molecule has 6 nitrogen and oxygen atoms in total. The molecule has 1 aromatic rings. The second kappa shape index (κ2) is 4.12. The Hall–Kier alpha value is -1.85. The largest absolute Gasteiger partial charge is 0.465 e. The molecule has 1 aliphatic heterocycles. The molecule has 1 amide bonds. The molecule has 2 N–H and O–H groups in total. The molecule has 2 heterocycles. The van der Waals surface area contributed by atoms with Gasteiger partial charge in [-0.05, 0) is 19.3 Å². The van der Waals surface area contributed by atoms with Gasteiger partial charge in [-0.15, -0.1) is 0 Å². The lowest BCUT2D eigenvalue weighted by Gasteiger charge is -2.14. The van der Waals surface area contributed by atoms with Crippen molar-refractivity contribution in [1.29, 1.82) is 0 Å². The molecule has 0 radical (unpaired) electrons. The van der Waals surface area contributed by atoms with Gasteiger partial charge in [0.1, 0.15) is 5.82 Å². The Morgan fingerprint density at radius 1 is 1.33 bits per heavy atom. The number of aromatic amines is 1. The summed E-state index contributed by atoms with van der Waals surface area (Å²) in [5, 5.41) is 8.98. The van der Waals surface area contributed by atoms with Gasteiger partial charge in [0.25, 0.3) is 5.56 Å². The fourth-order valence-corrected chi connectivity index (χ4v) is 2.37. The Bertz CT molecular complexity index is 548. The Morgan fingerprint density at radius 3 is 2.72 bits per heavy atom. The van der Waals surface area contributed by atoms with Crippen LogP contribution in [0.5, 0.6) is 0 Å². The molecule has 1 aromatic heterocycles. The quantitative estimate of drug-likeness (QED) is 0.768. The topological polar surface area (TPSA) is 86.3 Å². The van der Waals surface area contributed by atoms with Crippen molar-refractivity contribution in [2.45, 2.75) is 31.6 Å². The third-order valence-corrected chi connectivity index (χ3v) is 3.60. The average Bonchev–Trinajstić information content (AvgIpc) is 3.15. The number of nitrogens with zero attached hydrogens (tertiary/aromatic N) is 2. The molecule has 2 aliphatic rings. The van der Waals surface area contributed by atoms with Crippen LogP contribution < -0.4 is 5.56 Å². The van der Waals surface area contributed by atoms with Gasteiger partial charge in [0.15, 0.2) is 0 Å². The maximum Gasteiger partial charge on any atom is 0.407 e. The van der Waals surface area contributed by atoms with Crippen LogP contribution in [-0.2, 0) is 12.8 Å². The summed E-state index contributed by atoms with van der Waals surface area (Å²) in [4.78, 5) is 31.6. The van der Waals surface area contributed by atoms with E-state index < -0.39 is 6.09 Å². The summed E-state index contributed by atoms with van der Waals surface area (Å²) in [7, 11) is 0. The van der Waals surface area contributed by atoms with Crippen molar-refractivity contribution in [1.82, 2.24) is 14.9 Å². The van der Waals surface area contributed by atoms with Gasteiger partial charge < -0.3 is 15.0 Å². The molecule has 6 heteroatoms. The number of nitrogens with one attached hydrogen (secondary N) is 1.